The molecule has 4 atom stereocenters. The lowest BCUT2D eigenvalue weighted by Gasteiger charge is -2.29. The molecule has 3 saturated heterocycles. The minimum atomic E-state index is -4.72. The Morgan fingerprint density at radius 1 is 1.44 bits per heavy atom. The van der Waals surface area contributed by atoms with Crippen molar-refractivity contribution in [2.75, 3.05) is 32.9 Å². The van der Waals surface area contributed by atoms with Crippen LogP contribution >= 0.6 is 0 Å². The van der Waals surface area contributed by atoms with Crippen molar-refractivity contribution >= 4 is 22.1 Å². The molecule has 3 N–H and O–H groups in total. The smallest absolute Gasteiger partial charge is 0.316 e. The molecule has 0 aromatic carbocycles. The number of rotatable bonds is 6. The molecular formula is C13H22N4O7S. The second-order valence-corrected chi connectivity index (χ2v) is 7.53. The van der Waals surface area contributed by atoms with Crippen LogP contribution < -0.4 is 10.8 Å². The van der Waals surface area contributed by atoms with Crippen molar-refractivity contribution in [2.45, 2.75) is 31.3 Å². The fraction of sp³-hybridized carbons (Fsp3) is 0.846. The second kappa shape index (κ2) is 7.61. The van der Waals surface area contributed by atoms with E-state index in [-0.39, 0.29) is 25.4 Å². The largest absolute Gasteiger partial charge is 0.413 e. The van der Waals surface area contributed by atoms with Gasteiger partial charge >= 0.3 is 10.4 Å². The van der Waals surface area contributed by atoms with Gasteiger partial charge in [-0.25, -0.2) is 5.48 Å². The Morgan fingerprint density at radius 2 is 2.24 bits per heavy atom. The van der Waals surface area contributed by atoms with E-state index >= 15 is 0 Å². The Hall–Kier alpha value is -1.15. The van der Waals surface area contributed by atoms with E-state index in [0.717, 1.165) is 31.0 Å². The van der Waals surface area contributed by atoms with Gasteiger partial charge in [-0.2, -0.15) is 12.7 Å². The molecule has 0 aliphatic carbocycles. The first kappa shape index (κ1) is 18.6. The second-order valence-electron chi connectivity index (χ2n) is 6.52. The highest BCUT2D eigenvalue weighted by Gasteiger charge is 2.48. The number of hydrogen-bond donors (Lipinski definition) is 3. The number of carbonyl (C=O) groups excluding carboxylic acids is 2. The van der Waals surface area contributed by atoms with Gasteiger partial charge in [0.15, 0.2) is 5.78 Å². The zero-order chi connectivity index (χ0) is 18.0. The van der Waals surface area contributed by atoms with Crippen LogP contribution in [0.4, 0.5) is 0 Å². The molecule has 3 fully saturated rings. The van der Waals surface area contributed by atoms with Crippen LogP contribution in [0.25, 0.3) is 0 Å². The number of nitrogens with zero attached hydrogens (tertiary/aromatic N) is 2. The number of hydrogen-bond acceptors (Lipinski definition) is 9. The van der Waals surface area contributed by atoms with E-state index in [1.54, 1.807) is 4.90 Å². The van der Waals surface area contributed by atoms with Gasteiger partial charge in [-0.05, 0) is 25.3 Å². The molecule has 25 heavy (non-hydrogen) atoms. The number of carbonyl (C=O) groups is 2. The van der Waals surface area contributed by atoms with Gasteiger partial charge in [-0.3, -0.25) is 23.9 Å². The summed E-state index contributed by atoms with van der Waals surface area (Å²) in [5.41, 5.74) is 2.38. The summed E-state index contributed by atoms with van der Waals surface area (Å²) in [4.78, 5) is 31.3. The third-order valence-corrected chi connectivity index (χ3v) is 5.05. The highest BCUT2D eigenvalue weighted by molar-refractivity contribution is 7.80. The number of nitrogens with one attached hydrogen (secondary N) is 2. The molecule has 3 heterocycles. The summed E-state index contributed by atoms with van der Waals surface area (Å²) in [5.74, 6) is -0.449. The fourth-order valence-electron chi connectivity index (χ4n) is 3.41. The van der Waals surface area contributed by atoms with Crippen molar-refractivity contribution < 1.29 is 31.7 Å². The number of ketones is 1. The first-order valence-corrected chi connectivity index (χ1v) is 9.53. The zero-order valence-corrected chi connectivity index (χ0v) is 14.4. The maximum atomic E-state index is 12.3. The van der Waals surface area contributed by atoms with Crippen LogP contribution in [0.5, 0.6) is 0 Å². The molecular weight excluding hydrogens is 356 g/mol. The van der Waals surface area contributed by atoms with Crippen LogP contribution in [0.2, 0.25) is 0 Å². The predicted molar refractivity (Wildman–Crippen MR) is 82.9 cm³/mol. The predicted octanol–water partition coefficient (Wildman–Crippen LogP) is -1.95. The van der Waals surface area contributed by atoms with Crippen molar-refractivity contribution in [3.05, 3.63) is 0 Å². The van der Waals surface area contributed by atoms with Crippen molar-refractivity contribution in [1.29, 1.82) is 0 Å². The molecule has 3 aliphatic heterocycles. The van der Waals surface area contributed by atoms with Gasteiger partial charge in [0, 0.05) is 19.5 Å². The molecule has 0 spiro atoms. The summed E-state index contributed by atoms with van der Waals surface area (Å²) in [7, 11) is -4.72. The minimum Gasteiger partial charge on any atom is -0.316 e. The summed E-state index contributed by atoms with van der Waals surface area (Å²) >= 11 is 0. The van der Waals surface area contributed by atoms with E-state index in [4.69, 9.17) is 9.39 Å². The summed E-state index contributed by atoms with van der Waals surface area (Å²) in [6.07, 6.45) is 2.02. The molecule has 2 bridgehead atoms. The third-order valence-electron chi connectivity index (χ3n) is 4.67. The van der Waals surface area contributed by atoms with E-state index in [1.807, 2.05) is 0 Å². The Balaban J connectivity index is 1.51. The van der Waals surface area contributed by atoms with Crippen molar-refractivity contribution in [1.82, 2.24) is 20.8 Å². The van der Waals surface area contributed by atoms with E-state index in [0.29, 0.717) is 12.5 Å². The molecule has 3 rings (SSSR count). The van der Waals surface area contributed by atoms with Crippen molar-refractivity contribution in [3.63, 3.8) is 0 Å². The lowest BCUT2D eigenvalue weighted by atomic mass is 9.99. The van der Waals surface area contributed by atoms with Crippen LogP contribution in [-0.2, 0) is 29.1 Å². The first-order chi connectivity index (χ1) is 11.8. The average Bonchev–Trinajstić information content (AvgIpc) is 2.89. The van der Waals surface area contributed by atoms with Crippen LogP contribution in [0.15, 0.2) is 0 Å². The number of fused-ring (bicyclic) bond motifs is 2. The summed E-state index contributed by atoms with van der Waals surface area (Å²) in [5, 5.41) is 4.13. The van der Waals surface area contributed by atoms with Gasteiger partial charge in [-0.1, -0.05) is 0 Å². The molecule has 11 nitrogen and oxygen atoms in total. The molecule has 0 radical (unpaired) electrons. The first-order valence-electron chi connectivity index (χ1n) is 8.16. The molecule has 12 heteroatoms. The van der Waals surface area contributed by atoms with Crippen LogP contribution in [-0.4, -0.2) is 79.6 Å². The zero-order valence-electron chi connectivity index (χ0n) is 13.6. The van der Waals surface area contributed by atoms with Gasteiger partial charge in [0.1, 0.15) is 6.04 Å². The molecule has 142 valence electrons. The van der Waals surface area contributed by atoms with Gasteiger partial charge in [0.05, 0.1) is 19.3 Å². The maximum Gasteiger partial charge on any atom is 0.413 e. The summed E-state index contributed by atoms with van der Waals surface area (Å²) < 4.78 is 34.9. The lowest BCUT2D eigenvalue weighted by molar-refractivity contribution is -0.144. The molecule has 0 aromatic rings. The summed E-state index contributed by atoms with van der Waals surface area (Å²) in [6, 6.07) is -1.58. The van der Waals surface area contributed by atoms with Gasteiger partial charge in [0.25, 0.3) is 5.91 Å². The Bertz CT molecular complexity index is 622. The quantitative estimate of drug-likeness (QED) is 0.353. The van der Waals surface area contributed by atoms with Crippen LogP contribution in [0, 0.1) is 5.92 Å². The van der Waals surface area contributed by atoms with E-state index in [9.17, 15) is 18.0 Å². The maximum absolute atomic E-state index is 12.3. The highest BCUT2D eigenvalue weighted by Crippen LogP contribution is 2.26. The SMILES string of the molecule is O=C(NOCC1CCCNC1)C1CC(=O)C2CN1CN2OS(=O)(=O)O. The monoisotopic (exact) mass is 378 g/mol. The molecule has 4 unspecified atom stereocenters. The van der Waals surface area contributed by atoms with Gasteiger partial charge in [-0.15, -0.1) is 5.06 Å². The lowest BCUT2D eigenvalue weighted by Crippen LogP contribution is -2.52. The van der Waals surface area contributed by atoms with Crippen LogP contribution in [0.1, 0.15) is 19.3 Å². The van der Waals surface area contributed by atoms with Crippen molar-refractivity contribution in [3.8, 4) is 0 Å². The molecule has 0 aromatic heterocycles. The normalized spacial score (nSPS) is 33.4. The van der Waals surface area contributed by atoms with E-state index < -0.39 is 28.4 Å². The number of Topliss-reactive ketones (excluding diaryl/α,β-unsaturated/α-hetero) is 1. The Labute approximate surface area is 145 Å². The molecule has 0 saturated carbocycles. The number of hydroxylamine groups is 3. The topological polar surface area (TPSA) is 138 Å². The molecule has 3 aliphatic rings. The summed E-state index contributed by atoms with van der Waals surface area (Å²) in [6.45, 7) is 2.29. The highest BCUT2D eigenvalue weighted by atomic mass is 32.3. The molecule has 1 amide bonds. The standard InChI is InChI=1S/C13H22N4O7S/c18-12-4-10(13(19)15-23-7-9-2-1-3-14-5-9)16-6-11(12)17(8-16)24-25(20,21)22/h9-11,14H,1-8H2,(H,15,19)(H,20,21,22). The van der Waals surface area contributed by atoms with Gasteiger partial charge < -0.3 is 5.32 Å². The fourth-order valence-corrected chi connectivity index (χ4v) is 3.81. The minimum absolute atomic E-state index is 0.0732. The number of piperidine rings is 2. The van der Waals surface area contributed by atoms with Crippen LogP contribution in [0.3, 0.4) is 0 Å². The van der Waals surface area contributed by atoms with Gasteiger partial charge in [0.2, 0.25) is 0 Å². The van der Waals surface area contributed by atoms with E-state index in [2.05, 4.69) is 15.1 Å². The Morgan fingerprint density at radius 3 is 2.92 bits per heavy atom. The Kier molecular flexibility index (Phi) is 5.68. The third kappa shape index (κ3) is 4.73. The van der Waals surface area contributed by atoms with E-state index in [1.165, 1.54) is 0 Å². The average molecular weight is 378 g/mol. The number of amides is 1. The van der Waals surface area contributed by atoms with Crippen molar-refractivity contribution in [2.24, 2.45) is 5.92 Å².